The molecule has 0 aliphatic carbocycles. The van der Waals surface area contributed by atoms with Crippen molar-refractivity contribution in [2.24, 2.45) is 0 Å². The van der Waals surface area contributed by atoms with E-state index in [1.54, 1.807) is 0 Å². The SMILES string of the molecule is CN1CCN(c2cc(OCCCN3CCOCC3)cc3ncnc(Oc4ccc(F)cc4Cl)c23)CC1. The molecule has 0 saturated carbocycles. The molecule has 36 heavy (non-hydrogen) atoms. The van der Waals surface area contributed by atoms with Gasteiger partial charge in [-0.25, -0.2) is 14.4 Å². The van der Waals surface area contributed by atoms with E-state index < -0.39 is 5.82 Å². The summed E-state index contributed by atoms with van der Waals surface area (Å²) in [6.45, 7) is 8.75. The van der Waals surface area contributed by atoms with Crippen LogP contribution < -0.4 is 14.4 Å². The predicted molar refractivity (Wildman–Crippen MR) is 138 cm³/mol. The minimum absolute atomic E-state index is 0.183. The van der Waals surface area contributed by atoms with Gasteiger partial charge in [-0.05, 0) is 31.7 Å². The van der Waals surface area contributed by atoms with Gasteiger partial charge in [-0.3, -0.25) is 4.90 Å². The fourth-order valence-corrected chi connectivity index (χ4v) is 4.74. The summed E-state index contributed by atoms with van der Waals surface area (Å²) < 4.78 is 31.3. The molecule has 0 radical (unpaired) electrons. The molecule has 10 heteroatoms. The van der Waals surface area contributed by atoms with Gasteiger partial charge >= 0.3 is 0 Å². The Morgan fingerprint density at radius 1 is 1.03 bits per heavy atom. The first-order chi connectivity index (χ1) is 17.6. The van der Waals surface area contributed by atoms with E-state index in [1.807, 2.05) is 12.1 Å². The lowest BCUT2D eigenvalue weighted by Gasteiger charge is -2.35. The molecule has 8 nitrogen and oxygen atoms in total. The van der Waals surface area contributed by atoms with Crippen LogP contribution in [0.3, 0.4) is 0 Å². The summed E-state index contributed by atoms with van der Waals surface area (Å²) in [6, 6.07) is 8.02. The maximum atomic E-state index is 13.6. The summed E-state index contributed by atoms with van der Waals surface area (Å²) in [5, 5.41) is 0.964. The molecule has 2 saturated heterocycles. The maximum Gasteiger partial charge on any atom is 0.232 e. The lowest BCUT2D eigenvalue weighted by molar-refractivity contribution is 0.0358. The molecule has 192 valence electrons. The van der Waals surface area contributed by atoms with E-state index in [0.717, 1.165) is 87.8 Å². The van der Waals surface area contributed by atoms with Gasteiger partial charge in [0.1, 0.15) is 23.6 Å². The van der Waals surface area contributed by atoms with Crippen LogP contribution in [0.5, 0.6) is 17.4 Å². The summed E-state index contributed by atoms with van der Waals surface area (Å²) in [6.07, 6.45) is 2.40. The van der Waals surface area contributed by atoms with E-state index in [2.05, 4.69) is 31.7 Å². The first-order valence-corrected chi connectivity index (χ1v) is 12.7. The van der Waals surface area contributed by atoms with Gasteiger partial charge in [0, 0.05) is 57.9 Å². The molecular formula is C26H31ClFN5O3. The molecule has 0 atom stereocenters. The smallest absolute Gasteiger partial charge is 0.232 e. The normalized spacial score (nSPS) is 17.5. The maximum absolute atomic E-state index is 13.6. The van der Waals surface area contributed by atoms with Crippen molar-refractivity contribution in [2.45, 2.75) is 6.42 Å². The lowest BCUT2D eigenvalue weighted by Crippen LogP contribution is -2.44. The number of anilines is 1. The van der Waals surface area contributed by atoms with E-state index >= 15 is 0 Å². The molecule has 2 aliphatic heterocycles. The van der Waals surface area contributed by atoms with Gasteiger partial charge in [-0.2, -0.15) is 0 Å². The Morgan fingerprint density at radius 2 is 1.83 bits per heavy atom. The summed E-state index contributed by atoms with van der Waals surface area (Å²) in [4.78, 5) is 16.0. The fraction of sp³-hybridized carbons (Fsp3) is 0.462. The monoisotopic (exact) mass is 515 g/mol. The van der Waals surface area contributed by atoms with Crippen molar-refractivity contribution in [1.82, 2.24) is 19.8 Å². The van der Waals surface area contributed by atoms with Gasteiger partial charge in [0.05, 0.1) is 41.4 Å². The molecule has 2 aromatic carbocycles. The van der Waals surface area contributed by atoms with Crippen LogP contribution in [0.1, 0.15) is 6.42 Å². The minimum Gasteiger partial charge on any atom is -0.493 e. The molecule has 0 spiro atoms. The number of nitrogens with zero attached hydrogens (tertiary/aromatic N) is 5. The van der Waals surface area contributed by atoms with E-state index in [-0.39, 0.29) is 5.02 Å². The van der Waals surface area contributed by atoms with Crippen LogP contribution in [-0.2, 0) is 4.74 Å². The van der Waals surface area contributed by atoms with Crippen molar-refractivity contribution < 1.29 is 18.6 Å². The van der Waals surface area contributed by atoms with Crippen molar-refractivity contribution in [1.29, 1.82) is 0 Å². The van der Waals surface area contributed by atoms with E-state index in [4.69, 9.17) is 25.8 Å². The highest BCUT2D eigenvalue weighted by atomic mass is 35.5. The van der Waals surface area contributed by atoms with Crippen molar-refractivity contribution >= 4 is 28.2 Å². The van der Waals surface area contributed by atoms with Gasteiger partial charge in [-0.15, -0.1) is 0 Å². The van der Waals surface area contributed by atoms with E-state index in [0.29, 0.717) is 18.2 Å². The summed E-state index contributed by atoms with van der Waals surface area (Å²) in [7, 11) is 2.12. The largest absolute Gasteiger partial charge is 0.493 e. The van der Waals surface area contributed by atoms with Crippen LogP contribution in [0.2, 0.25) is 5.02 Å². The average molecular weight is 516 g/mol. The Bertz CT molecular complexity index is 1190. The highest BCUT2D eigenvalue weighted by molar-refractivity contribution is 6.32. The van der Waals surface area contributed by atoms with Crippen molar-refractivity contribution in [2.75, 3.05) is 77.6 Å². The van der Waals surface area contributed by atoms with Crippen molar-refractivity contribution in [3.8, 4) is 17.4 Å². The van der Waals surface area contributed by atoms with Crippen LogP contribution in [-0.4, -0.2) is 92.4 Å². The molecule has 0 amide bonds. The first-order valence-electron chi connectivity index (χ1n) is 12.3. The van der Waals surface area contributed by atoms with Crippen LogP contribution in [0.15, 0.2) is 36.7 Å². The molecule has 0 unspecified atom stereocenters. The third-order valence-corrected chi connectivity index (χ3v) is 6.89. The number of hydrogen-bond donors (Lipinski definition) is 0. The number of aromatic nitrogens is 2. The fourth-order valence-electron chi connectivity index (χ4n) is 4.54. The molecular weight excluding hydrogens is 485 g/mol. The molecule has 0 N–H and O–H groups in total. The number of piperazine rings is 1. The Morgan fingerprint density at radius 3 is 2.61 bits per heavy atom. The average Bonchev–Trinajstić information content (AvgIpc) is 2.89. The highest BCUT2D eigenvalue weighted by Crippen LogP contribution is 2.39. The number of fused-ring (bicyclic) bond motifs is 1. The third-order valence-electron chi connectivity index (χ3n) is 6.59. The summed E-state index contributed by atoms with van der Waals surface area (Å²) in [5.41, 5.74) is 1.68. The molecule has 1 aromatic heterocycles. The standard InChI is InChI=1S/C26H31ClFN5O3/c1-31-6-8-33(9-7-31)23-17-20(35-12-2-5-32-10-13-34-14-11-32)16-22-25(23)26(30-18-29-22)36-24-4-3-19(28)15-21(24)27/h3-4,15-18H,2,5-14H2,1H3. The quantitative estimate of drug-likeness (QED) is 0.416. The Kier molecular flexibility index (Phi) is 8.01. The Hall–Kier alpha value is -2.72. The second-order valence-electron chi connectivity index (χ2n) is 9.14. The molecule has 2 fully saturated rings. The van der Waals surface area contributed by atoms with Crippen LogP contribution in [0.4, 0.5) is 10.1 Å². The van der Waals surface area contributed by atoms with Gasteiger partial charge in [0.15, 0.2) is 0 Å². The molecule has 3 aromatic rings. The van der Waals surface area contributed by atoms with Gasteiger partial charge < -0.3 is 24.0 Å². The number of likely N-dealkylation sites (N-methyl/N-ethyl adjacent to an activating group) is 1. The van der Waals surface area contributed by atoms with Crippen molar-refractivity contribution in [3.05, 3.63) is 47.5 Å². The lowest BCUT2D eigenvalue weighted by atomic mass is 10.1. The van der Waals surface area contributed by atoms with E-state index in [9.17, 15) is 4.39 Å². The summed E-state index contributed by atoms with van der Waals surface area (Å²) >= 11 is 6.23. The second kappa shape index (κ2) is 11.6. The second-order valence-corrected chi connectivity index (χ2v) is 9.55. The van der Waals surface area contributed by atoms with Crippen LogP contribution >= 0.6 is 11.6 Å². The van der Waals surface area contributed by atoms with Crippen LogP contribution in [0, 0.1) is 5.82 Å². The number of hydrogen-bond acceptors (Lipinski definition) is 8. The predicted octanol–water partition coefficient (Wildman–Crippen LogP) is 4.07. The highest BCUT2D eigenvalue weighted by Gasteiger charge is 2.22. The number of rotatable bonds is 8. The first kappa shape index (κ1) is 25.0. The van der Waals surface area contributed by atoms with Crippen LogP contribution in [0.25, 0.3) is 10.9 Å². The zero-order chi connectivity index (χ0) is 24.9. The Balaban J connectivity index is 1.41. The number of halogens is 2. The number of benzene rings is 2. The molecule has 0 bridgehead atoms. The molecule has 5 rings (SSSR count). The zero-order valence-corrected chi connectivity index (χ0v) is 21.2. The topological polar surface area (TPSA) is 63.2 Å². The van der Waals surface area contributed by atoms with Crippen molar-refractivity contribution in [3.63, 3.8) is 0 Å². The third kappa shape index (κ3) is 5.98. The van der Waals surface area contributed by atoms with Gasteiger partial charge in [0.2, 0.25) is 5.88 Å². The minimum atomic E-state index is -0.423. The number of morpholine rings is 1. The Labute approximate surface area is 215 Å². The zero-order valence-electron chi connectivity index (χ0n) is 20.5. The van der Waals surface area contributed by atoms with Gasteiger partial charge in [0.25, 0.3) is 0 Å². The summed E-state index contributed by atoms with van der Waals surface area (Å²) in [5.74, 6) is 1.06. The van der Waals surface area contributed by atoms with E-state index in [1.165, 1.54) is 24.5 Å². The molecule has 3 heterocycles. The number of ether oxygens (including phenoxy) is 3. The molecule has 2 aliphatic rings. The van der Waals surface area contributed by atoms with Gasteiger partial charge in [-0.1, -0.05) is 11.6 Å².